The van der Waals surface area contributed by atoms with Crippen LogP contribution in [0.15, 0.2) is 42.5 Å². The molecule has 1 amide bonds. The van der Waals surface area contributed by atoms with Crippen molar-refractivity contribution in [3.8, 4) is 11.5 Å². The molecule has 2 aromatic carbocycles. The maximum absolute atomic E-state index is 13.1. The van der Waals surface area contributed by atoms with Crippen molar-refractivity contribution >= 4 is 11.6 Å². The van der Waals surface area contributed by atoms with Crippen LogP contribution in [0.25, 0.3) is 0 Å². The van der Waals surface area contributed by atoms with Crippen molar-refractivity contribution in [1.29, 1.82) is 0 Å². The number of hydrogen-bond acceptors (Lipinski definition) is 3. The van der Waals surface area contributed by atoms with Crippen LogP contribution in [0.5, 0.6) is 11.5 Å². The Hall–Kier alpha value is -2.70. The maximum atomic E-state index is 13.1. The lowest BCUT2D eigenvalue weighted by Gasteiger charge is -2.17. The fourth-order valence-corrected chi connectivity index (χ4v) is 3.16. The molecule has 144 valence electrons. The van der Waals surface area contributed by atoms with Crippen molar-refractivity contribution in [3.63, 3.8) is 0 Å². The van der Waals surface area contributed by atoms with Crippen molar-refractivity contribution in [3.05, 3.63) is 53.6 Å². The van der Waals surface area contributed by atoms with Gasteiger partial charge in [-0.1, -0.05) is 12.1 Å². The first kappa shape index (κ1) is 19.1. The molecule has 0 bridgehead atoms. The minimum absolute atomic E-state index is 0.0795. The smallest absolute Gasteiger partial charge is 0.417 e. The third-order valence-corrected chi connectivity index (χ3v) is 4.49. The predicted molar refractivity (Wildman–Crippen MR) is 95.3 cm³/mol. The van der Waals surface area contributed by atoms with Gasteiger partial charge >= 0.3 is 6.18 Å². The first-order valence-electron chi connectivity index (χ1n) is 8.71. The zero-order valence-corrected chi connectivity index (χ0v) is 14.8. The van der Waals surface area contributed by atoms with E-state index in [1.165, 1.54) is 19.2 Å². The van der Waals surface area contributed by atoms with Gasteiger partial charge in [0.1, 0.15) is 0 Å². The number of benzene rings is 2. The maximum Gasteiger partial charge on any atom is 0.417 e. The molecule has 3 rings (SSSR count). The average Bonchev–Trinajstić information content (AvgIpc) is 3.14. The van der Waals surface area contributed by atoms with Crippen LogP contribution in [0, 0.1) is 0 Å². The van der Waals surface area contributed by atoms with Gasteiger partial charge in [-0.25, -0.2) is 0 Å². The standard InChI is InChI=1S/C20H20F3NO3/c1-26-17-11-10-13(12-18(17)27-14-6-2-3-7-14)24-19(25)15-8-4-5-9-16(15)20(21,22)23/h4-5,8-12,14H,2-3,6-7H2,1H3,(H,24,25). The molecule has 27 heavy (non-hydrogen) atoms. The van der Waals surface area contributed by atoms with E-state index in [1.807, 2.05) is 0 Å². The van der Waals surface area contributed by atoms with Crippen molar-refractivity contribution in [1.82, 2.24) is 0 Å². The van der Waals surface area contributed by atoms with Gasteiger partial charge in [-0.05, 0) is 49.9 Å². The van der Waals surface area contributed by atoms with E-state index in [4.69, 9.17) is 9.47 Å². The fraction of sp³-hybridized carbons (Fsp3) is 0.350. The molecular weight excluding hydrogens is 359 g/mol. The third kappa shape index (κ3) is 4.53. The number of rotatable bonds is 5. The van der Waals surface area contributed by atoms with Crippen molar-refractivity contribution in [2.24, 2.45) is 0 Å². The lowest BCUT2D eigenvalue weighted by molar-refractivity contribution is -0.137. The largest absolute Gasteiger partial charge is 0.493 e. The quantitative estimate of drug-likeness (QED) is 0.768. The lowest BCUT2D eigenvalue weighted by atomic mass is 10.1. The summed E-state index contributed by atoms with van der Waals surface area (Å²) >= 11 is 0. The number of anilines is 1. The molecule has 0 heterocycles. The summed E-state index contributed by atoms with van der Waals surface area (Å²) in [6, 6.07) is 9.44. The molecule has 1 saturated carbocycles. The number of nitrogens with one attached hydrogen (secondary N) is 1. The highest BCUT2D eigenvalue weighted by Crippen LogP contribution is 2.35. The highest BCUT2D eigenvalue weighted by molar-refractivity contribution is 6.05. The van der Waals surface area contributed by atoms with E-state index in [2.05, 4.69) is 5.32 Å². The van der Waals surface area contributed by atoms with E-state index in [-0.39, 0.29) is 6.10 Å². The zero-order valence-electron chi connectivity index (χ0n) is 14.8. The summed E-state index contributed by atoms with van der Waals surface area (Å²) in [6.07, 6.45) is -0.451. The minimum Gasteiger partial charge on any atom is -0.493 e. The summed E-state index contributed by atoms with van der Waals surface area (Å²) in [7, 11) is 1.51. The van der Waals surface area contributed by atoms with E-state index in [1.54, 1.807) is 18.2 Å². The molecule has 0 radical (unpaired) electrons. The van der Waals surface area contributed by atoms with Gasteiger partial charge in [-0.15, -0.1) is 0 Å². The third-order valence-electron chi connectivity index (χ3n) is 4.49. The van der Waals surface area contributed by atoms with Crippen LogP contribution in [0.1, 0.15) is 41.6 Å². The summed E-state index contributed by atoms with van der Waals surface area (Å²) in [5.74, 6) is 0.141. The number of amides is 1. The van der Waals surface area contributed by atoms with Gasteiger partial charge in [0.15, 0.2) is 11.5 Å². The minimum atomic E-state index is -4.61. The molecule has 1 N–H and O–H groups in total. The van der Waals surface area contributed by atoms with Gasteiger partial charge in [0, 0.05) is 11.8 Å². The summed E-state index contributed by atoms with van der Waals surface area (Å²) < 4.78 is 50.6. The molecule has 4 nitrogen and oxygen atoms in total. The molecule has 0 spiro atoms. The Bertz CT molecular complexity index is 814. The Balaban J connectivity index is 1.82. The molecule has 1 fully saturated rings. The Morgan fingerprint density at radius 1 is 1.07 bits per heavy atom. The topological polar surface area (TPSA) is 47.6 Å². The molecule has 0 aliphatic heterocycles. The Kier molecular flexibility index (Phi) is 5.58. The second kappa shape index (κ2) is 7.90. The number of carbonyl (C=O) groups excluding carboxylic acids is 1. The second-order valence-corrected chi connectivity index (χ2v) is 6.39. The first-order valence-corrected chi connectivity index (χ1v) is 8.71. The number of ether oxygens (including phenoxy) is 2. The van der Waals surface area contributed by atoms with Gasteiger partial charge < -0.3 is 14.8 Å². The molecule has 1 aliphatic rings. The number of alkyl halides is 3. The van der Waals surface area contributed by atoms with Crippen molar-refractivity contribution in [2.45, 2.75) is 38.0 Å². The highest BCUT2D eigenvalue weighted by Gasteiger charge is 2.34. The van der Waals surface area contributed by atoms with Gasteiger partial charge in [0.2, 0.25) is 0 Å². The normalized spacial score (nSPS) is 14.8. The molecule has 0 aromatic heterocycles. The Labute approximate surface area is 155 Å². The van der Waals surface area contributed by atoms with Crippen LogP contribution in [-0.2, 0) is 6.18 Å². The van der Waals surface area contributed by atoms with Crippen LogP contribution in [0.2, 0.25) is 0 Å². The SMILES string of the molecule is COc1ccc(NC(=O)c2ccccc2C(F)(F)F)cc1OC1CCCC1. The Morgan fingerprint density at radius 2 is 1.78 bits per heavy atom. The van der Waals surface area contributed by atoms with E-state index >= 15 is 0 Å². The summed E-state index contributed by atoms with van der Waals surface area (Å²) in [5, 5.41) is 2.51. The van der Waals surface area contributed by atoms with E-state index in [0.29, 0.717) is 17.2 Å². The van der Waals surface area contributed by atoms with E-state index in [0.717, 1.165) is 37.8 Å². The number of halogens is 3. The average molecular weight is 379 g/mol. The first-order chi connectivity index (χ1) is 12.9. The van der Waals surface area contributed by atoms with Crippen LogP contribution in [0.4, 0.5) is 18.9 Å². The lowest BCUT2D eigenvalue weighted by Crippen LogP contribution is -2.18. The van der Waals surface area contributed by atoms with Crippen LogP contribution in [-0.4, -0.2) is 19.1 Å². The summed E-state index contributed by atoms with van der Waals surface area (Å²) in [4.78, 5) is 12.4. The summed E-state index contributed by atoms with van der Waals surface area (Å²) in [6.45, 7) is 0. The number of methoxy groups -OCH3 is 1. The number of carbonyl (C=O) groups is 1. The molecule has 0 unspecified atom stereocenters. The Morgan fingerprint density at radius 3 is 2.44 bits per heavy atom. The monoisotopic (exact) mass is 379 g/mol. The second-order valence-electron chi connectivity index (χ2n) is 6.39. The molecule has 2 aromatic rings. The summed E-state index contributed by atoms with van der Waals surface area (Å²) in [5.41, 5.74) is -1.07. The van der Waals surface area contributed by atoms with Crippen LogP contribution in [0.3, 0.4) is 0 Å². The highest BCUT2D eigenvalue weighted by atomic mass is 19.4. The van der Waals surface area contributed by atoms with E-state index in [9.17, 15) is 18.0 Å². The van der Waals surface area contributed by atoms with Gasteiger partial charge in [0.25, 0.3) is 5.91 Å². The predicted octanol–water partition coefficient (Wildman–Crippen LogP) is 5.29. The van der Waals surface area contributed by atoms with Crippen molar-refractivity contribution < 1.29 is 27.4 Å². The van der Waals surface area contributed by atoms with Gasteiger partial charge in [0.05, 0.1) is 24.3 Å². The van der Waals surface area contributed by atoms with Crippen LogP contribution < -0.4 is 14.8 Å². The molecular formula is C20H20F3NO3. The van der Waals surface area contributed by atoms with Crippen molar-refractivity contribution in [2.75, 3.05) is 12.4 Å². The van der Waals surface area contributed by atoms with Crippen LogP contribution >= 0.6 is 0 Å². The van der Waals surface area contributed by atoms with E-state index < -0.39 is 23.2 Å². The van der Waals surface area contributed by atoms with Gasteiger partial charge in [-0.3, -0.25) is 4.79 Å². The zero-order chi connectivity index (χ0) is 19.4. The molecule has 0 saturated heterocycles. The molecule has 1 aliphatic carbocycles. The molecule has 7 heteroatoms. The molecule has 0 atom stereocenters. The number of hydrogen-bond donors (Lipinski definition) is 1. The fourth-order valence-electron chi connectivity index (χ4n) is 3.16. The van der Waals surface area contributed by atoms with Gasteiger partial charge in [-0.2, -0.15) is 13.2 Å².